The lowest BCUT2D eigenvalue weighted by Crippen LogP contribution is -2.58. The molecule has 10 nitrogen and oxygen atoms in total. The minimum atomic E-state index is -1.31. The molecule has 5 atom stereocenters. The zero-order valence-corrected chi connectivity index (χ0v) is 18.0. The van der Waals surface area contributed by atoms with Crippen molar-refractivity contribution in [3.63, 3.8) is 0 Å². The molecule has 0 saturated heterocycles. The van der Waals surface area contributed by atoms with Crippen LogP contribution in [0, 0.1) is 5.92 Å². The molecule has 0 saturated carbocycles. The smallest absolute Gasteiger partial charge is 0.326 e. The molecule has 5 unspecified atom stereocenters. The molecular weight excluding hydrogens is 404 g/mol. The molecule has 0 bridgehead atoms. The van der Waals surface area contributed by atoms with Crippen molar-refractivity contribution in [2.45, 2.75) is 57.8 Å². The van der Waals surface area contributed by atoms with Gasteiger partial charge in [0.05, 0.1) is 12.6 Å². The highest BCUT2D eigenvalue weighted by molar-refractivity contribution is 5.94. The number of rotatable bonds is 12. The van der Waals surface area contributed by atoms with Crippen LogP contribution in [0.15, 0.2) is 30.3 Å². The predicted molar refractivity (Wildman–Crippen MR) is 114 cm³/mol. The second-order valence-corrected chi connectivity index (χ2v) is 7.49. The fourth-order valence-electron chi connectivity index (χ4n) is 2.77. The van der Waals surface area contributed by atoms with Gasteiger partial charge in [0, 0.05) is 6.42 Å². The van der Waals surface area contributed by atoms with E-state index in [1.165, 1.54) is 6.92 Å². The molecule has 0 radical (unpaired) electrons. The molecule has 0 heterocycles. The van der Waals surface area contributed by atoms with E-state index in [-0.39, 0.29) is 12.3 Å². The Kier molecular flexibility index (Phi) is 10.6. The second-order valence-electron chi connectivity index (χ2n) is 7.49. The van der Waals surface area contributed by atoms with Crippen molar-refractivity contribution in [2.24, 2.45) is 11.7 Å². The van der Waals surface area contributed by atoms with E-state index < -0.39 is 54.5 Å². The van der Waals surface area contributed by atoms with Crippen LogP contribution in [0.5, 0.6) is 0 Å². The topological polar surface area (TPSA) is 171 Å². The number of hydrogen-bond acceptors (Lipinski definition) is 6. The summed E-state index contributed by atoms with van der Waals surface area (Å²) in [4.78, 5) is 48.9. The molecule has 7 N–H and O–H groups in total. The summed E-state index contributed by atoms with van der Waals surface area (Å²) in [5.41, 5.74) is 6.20. The monoisotopic (exact) mass is 436 g/mol. The van der Waals surface area contributed by atoms with Gasteiger partial charge in [0.25, 0.3) is 0 Å². The van der Waals surface area contributed by atoms with Crippen molar-refractivity contribution in [3.8, 4) is 0 Å². The van der Waals surface area contributed by atoms with Crippen molar-refractivity contribution in [1.29, 1.82) is 0 Å². The van der Waals surface area contributed by atoms with Gasteiger partial charge in [0.1, 0.15) is 18.1 Å². The number of aliphatic carboxylic acids is 1. The van der Waals surface area contributed by atoms with Crippen LogP contribution >= 0.6 is 0 Å². The largest absolute Gasteiger partial charge is 0.480 e. The molecule has 31 heavy (non-hydrogen) atoms. The van der Waals surface area contributed by atoms with Crippen LogP contribution < -0.4 is 21.7 Å². The Balaban J connectivity index is 3.04. The first-order valence-corrected chi connectivity index (χ1v) is 10.1. The number of carboxylic acids is 1. The molecule has 0 aliphatic rings. The van der Waals surface area contributed by atoms with Crippen molar-refractivity contribution < 1.29 is 29.4 Å². The average molecular weight is 437 g/mol. The van der Waals surface area contributed by atoms with E-state index in [4.69, 9.17) is 5.73 Å². The van der Waals surface area contributed by atoms with Crippen LogP contribution in [0.2, 0.25) is 0 Å². The van der Waals surface area contributed by atoms with Gasteiger partial charge in [-0.05, 0) is 18.4 Å². The lowest BCUT2D eigenvalue weighted by Gasteiger charge is -2.26. The summed E-state index contributed by atoms with van der Waals surface area (Å²) >= 11 is 0. The molecule has 172 valence electrons. The zero-order valence-electron chi connectivity index (χ0n) is 18.0. The lowest BCUT2D eigenvalue weighted by molar-refractivity contribution is -0.143. The summed E-state index contributed by atoms with van der Waals surface area (Å²) in [6.07, 6.45) is 0.619. The number of nitrogens with one attached hydrogen (secondary N) is 3. The maximum Gasteiger partial charge on any atom is 0.326 e. The SMILES string of the molecule is CCC(C)C(NC(=O)C(Cc1ccccc1)NC(=O)C(CO)NC(=O)C(C)N)C(=O)O. The maximum absolute atomic E-state index is 12.9. The third kappa shape index (κ3) is 8.35. The van der Waals surface area contributed by atoms with Crippen molar-refractivity contribution >= 4 is 23.7 Å². The molecule has 10 heteroatoms. The van der Waals surface area contributed by atoms with Gasteiger partial charge >= 0.3 is 5.97 Å². The van der Waals surface area contributed by atoms with E-state index >= 15 is 0 Å². The summed E-state index contributed by atoms with van der Waals surface area (Å²) in [5, 5.41) is 26.3. The van der Waals surface area contributed by atoms with Gasteiger partial charge in [0.15, 0.2) is 0 Å². The molecular formula is C21H32N4O6. The molecule has 1 aromatic rings. The minimum absolute atomic E-state index is 0.0879. The molecule has 0 aromatic heterocycles. The Morgan fingerprint density at radius 2 is 1.48 bits per heavy atom. The summed E-state index contributed by atoms with van der Waals surface area (Å²) in [6.45, 7) is 4.24. The molecule has 0 spiro atoms. The lowest BCUT2D eigenvalue weighted by atomic mass is 9.98. The first kappa shape index (κ1) is 26.1. The number of aliphatic hydroxyl groups excluding tert-OH is 1. The van der Waals surface area contributed by atoms with E-state index in [0.717, 1.165) is 5.56 Å². The van der Waals surface area contributed by atoms with Crippen LogP contribution in [0.4, 0.5) is 0 Å². The minimum Gasteiger partial charge on any atom is -0.480 e. The average Bonchev–Trinajstić information content (AvgIpc) is 2.74. The Morgan fingerprint density at radius 1 is 0.935 bits per heavy atom. The van der Waals surface area contributed by atoms with Gasteiger partial charge in [-0.15, -0.1) is 0 Å². The summed E-state index contributed by atoms with van der Waals surface area (Å²) in [6, 6.07) is 4.41. The molecule has 0 aliphatic carbocycles. The molecule has 1 rings (SSSR count). The number of carbonyl (C=O) groups excluding carboxylic acids is 3. The molecule has 0 aliphatic heterocycles. The summed E-state index contributed by atoms with van der Waals surface area (Å²) in [7, 11) is 0. The number of amides is 3. The number of carbonyl (C=O) groups is 4. The maximum atomic E-state index is 12.9. The van der Waals surface area contributed by atoms with Crippen LogP contribution in [-0.4, -0.2) is 64.7 Å². The number of aliphatic hydroxyl groups is 1. The third-order valence-corrected chi connectivity index (χ3v) is 4.92. The standard InChI is InChI=1S/C21H32N4O6/c1-4-12(2)17(21(30)31)25-19(28)15(10-14-8-6-5-7-9-14)23-20(29)16(11-26)24-18(27)13(3)22/h5-9,12-13,15-17,26H,4,10-11,22H2,1-3H3,(H,23,29)(H,24,27)(H,25,28)(H,30,31). The zero-order chi connectivity index (χ0) is 23.6. The first-order chi connectivity index (χ1) is 14.6. The van der Waals surface area contributed by atoms with E-state index in [0.29, 0.717) is 6.42 Å². The van der Waals surface area contributed by atoms with E-state index in [1.807, 2.05) is 6.92 Å². The molecule has 3 amide bonds. The molecule has 0 fully saturated rings. The van der Waals surface area contributed by atoms with Crippen molar-refractivity contribution in [2.75, 3.05) is 6.61 Å². The van der Waals surface area contributed by atoms with Crippen LogP contribution in [0.1, 0.15) is 32.8 Å². The Hall–Kier alpha value is -2.98. The van der Waals surface area contributed by atoms with Gasteiger partial charge < -0.3 is 31.9 Å². The van der Waals surface area contributed by atoms with Gasteiger partial charge in [-0.3, -0.25) is 14.4 Å². The number of carboxylic acid groups (broad SMARTS) is 1. The van der Waals surface area contributed by atoms with E-state index in [9.17, 15) is 29.4 Å². The van der Waals surface area contributed by atoms with Crippen LogP contribution in [-0.2, 0) is 25.6 Å². The number of benzene rings is 1. The van der Waals surface area contributed by atoms with Gasteiger partial charge in [-0.25, -0.2) is 4.79 Å². The van der Waals surface area contributed by atoms with Gasteiger partial charge in [-0.2, -0.15) is 0 Å². The van der Waals surface area contributed by atoms with Crippen molar-refractivity contribution in [3.05, 3.63) is 35.9 Å². The third-order valence-electron chi connectivity index (χ3n) is 4.92. The van der Waals surface area contributed by atoms with Gasteiger partial charge in [-0.1, -0.05) is 50.6 Å². The Bertz CT molecular complexity index is 755. The summed E-state index contributed by atoms with van der Waals surface area (Å²) < 4.78 is 0. The number of hydrogen-bond donors (Lipinski definition) is 6. The van der Waals surface area contributed by atoms with Crippen molar-refractivity contribution in [1.82, 2.24) is 16.0 Å². The summed E-state index contributed by atoms with van der Waals surface area (Å²) in [5.74, 6) is -3.61. The highest BCUT2D eigenvalue weighted by Crippen LogP contribution is 2.10. The molecule has 1 aromatic carbocycles. The Morgan fingerprint density at radius 3 is 1.97 bits per heavy atom. The van der Waals surface area contributed by atoms with Gasteiger partial charge in [0.2, 0.25) is 17.7 Å². The normalized spacial score (nSPS) is 15.6. The fourth-order valence-corrected chi connectivity index (χ4v) is 2.77. The van der Waals surface area contributed by atoms with Crippen LogP contribution in [0.25, 0.3) is 0 Å². The van der Waals surface area contributed by atoms with E-state index in [2.05, 4.69) is 16.0 Å². The first-order valence-electron chi connectivity index (χ1n) is 10.1. The quantitative estimate of drug-likeness (QED) is 0.248. The Labute approximate surface area is 181 Å². The number of nitrogens with two attached hydrogens (primary N) is 1. The highest BCUT2D eigenvalue weighted by atomic mass is 16.4. The highest BCUT2D eigenvalue weighted by Gasteiger charge is 2.31. The fraction of sp³-hybridized carbons (Fsp3) is 0.524. The van der Waals surface area contributed by atoms with Crippen LogP contribution in [0.3, 0.4) is 0 Å². The second kappa shape index (κ2) is 12.7. The van der Waals surface area contributed by atoms with E-state index in [1.54, 1.807) is 37.3 Å². The predicted octanol–water partition coefficient (Wildman–Crippen LogP) is -0.846.